The van der Waals surface area contributed by atoms with Crippen molar-refractivity contribution in [1.29, 1.82) is 0 Å². The topological polar surface area (TPSA) is 40.5 Å². The van der Waals surface area contributed by atoms with E-state index >= 15 is 0 Å². The summed E-state index contributed by atoms with van der Waals surface area (Å²) in [7, 11) is 0. The van der Waals surface area contributed by atoms with Gasteiger partial charge in [0, 0.05) is 0 Å². The van der Waals surface area contributed by atoms with Gasteiger partial charge in [-0.3, -0.25) is 0 Å². The molecule has 2 nitrogen and oxygen atoms in total. The predicted molar refractivity (Wildman–Crippen MR) is 97.9 cm³/mol. The van der Waals surface area contributed by atoms with Gasteiger partial charge >= 0.3 is 148 Å². The van der Waals surface area contributed by atoms with Crippen LogP contribution in [0, 0.1) is 13.8 Å². The minimum atomic E-state index is -1.93. The van der Waals surface area contributed by atoms with Crippen LogP contribution in [0.25, 0.3) is 0 Å². The third-order valence-corrected chi connectivity index (χ3v) is 7.81. The molecule has 2 aromatic rings. The average molecular weight is 424 g/mol. The van der Waals surface area contributed by atoms with E-state index in [1.807, 2.05) is 38.1 Å². The Morgan fingerprint density at radius 3 is 1.77 bits per heavy atom. The van der Waals surface area contributed by atoms with E-state index in [2.05, 4.69) is 26.9 Å². The summed E-state index contributed by atoms with van der Waals surface area (Å²) in [5.74, 6) is 0.637. The molecule has 2 N–H and O–H groups in total. The van der Waals surface area contributed by atoms with Gasteiger partial charge < -0.3 is 24.8 Å². The number of rotatable bonds is 3. The zero-order chi connectivity index (χ0) is 17.1. The van der Waals surface area contributed by atoms with Crippen molar-refractivity contribution in [3.63, 3.8) is 0 Å². The molecule has 26 heavy (non-hydrogen) atoms. The Hall–Kier alpha value is -1.45. The van der Waals surface area contributed by atoms with Gasteiger partial charge in [-0.15, -0.1) is 0 Å². The second-order valence-electron chi connectivity index (χ2n) is 6.19. The van der Waals surface area contributed by atoms with Crippen molar-refractivity contribution in [2.45, 2.75) is 20.3 Å². The van der Waals surface area contributed by atoms with E-state index in [1.165, 1.54) is 3.88 Å². The second-order valence-corrected chi connectivity index (χ2v) is 9.52. The quantitative estimate of drug-likeness (QED) is 0.571. The molecular weight excluding hydrogens is 403 g/mol. The summed E-state index contributed by atoms with van der Waals surface area (Å²) < 4.78 is 5.86. The van der Waals surface area contributed by atoms with E-state index in [0.717, 1.165) is 28.7 Å². The molecule has 0 radical (unpaired) electrons. The number of allylic oxidation sites excluding steroid dienone is 4. The van der Waals surface area contributed by atoms with Crippen LogP contribution < -0.4 is 24.8 Å². The first-order chi connectivity index (χ1) is 11.5. The summed E-state index contributed by atoms with van der Waals surface area (Å²) in [4.78, 5) is 0. The molecule has 0 aromatic heterocycles. The first-order valence-corrected chi connectivity index (χ1v) is 10.6. The molecule has 2 aromatic carbocycles. The largest absolute Gasteiger partial charge is 1.00 e. The summed E-state index contributed by atoms with van der Waals surface area (Å²) in [5, 5.41) is 20.4. The Bertz CT molecular complexity index is 878. The van der Waals surface area contributed by atoms with Crippen molar-refractivity contribution in [2.75, 3.05) is 0 Å². The number of halogens is 2. The van der Waals surface area contributed by atoms with Gasteiger partial charge in [-0.25, -0.2) is 0 Å². The number of aryl methyl sites for hydroxylation is 2. The van der Waals surface area contributed by atoms with Crippen molar-refractivity contribution < 1.29 is 52.0 Å². The van der Waals surface area contributed by atoms with E-state index in [4.69, 9.17) is 0 Å². The Morgan fingerprint density at radius 1 is 0.846 bits per heavy atom. The number of hydrogen-bond acceptors (Lipinski definition) is 2. The van der Waals surface area contributed by atoms with Crippen LogP contribution >= 0.6 is 0 Å². The predicted octanol–water partition coefficient (Wildman–Crippen LogP) is -1.81. The molecular formula is C21H21Cl2O2Ti. The summed E-state index contributed by atoms with van der Waals surface area (Å²) in [5.41, 5.74) is 4.05. The molecule has 0 atom stereocenters. The molecule has 0 saturated heterocycles. The summed E-state index contributed by atoms with van der Waals surface area (Å²) >= 11 is -1.93. The maximum Gasteiger partial charge on any atom is -1.00 e. The molecule has 0 spiro atoms. The normalized spacial score (nSPS) is 12.5. The molecule has 0 amide bonds. The second kappa shape index (κ2) is 10.0. The van der Waals surface area contributed by atoms with Crippen LogP contribution in [0.15, 0.2) is 58.5 Å². The van der Waals surface area contributed by atoms with Gasteiger partial charge in [-0.05, 0) is 0 Å². The number of aromatic hydroxyl groups is 2. The third kappa shape index (κ3) is 5.52. The first-order valence-electron chi connectivity index (χ1n) is 8.05. The van der Waals surface area contributed by atoms with Gasteiger partial charge in [0.25, 0.3) is 0 Å². The van der Waals surface area contributed by atoms with Crippen molar-refractivity contribution in [1.82, 2.24) is 0 Å². The van der Waals surface area contributed by atoms with Gasteiger partial charge in [-0.2, -0.15) is 0 Å². The number of hydrogen-bond donors (Lipinski definition) is 2. The molecule has 5 heteroatoms. The van der Waals surface area contributed by atoms with Gasteiger partial charge in [0.2, 0.25) is 0 Å². The smallest absolute Gasteiger partial charge is 1.00 e. The maximum atomic E-state index is 10.2. The molecule has 0 unspecified atom stereocenters. The van der Waals surface area contributed by atoms with Gasteiger partial charge in [0.1, 0.15) is 0 Å². The summed E-state index contributed by atoms with van der Waals surface area (Å²) in [6, 6.07) is 11.4. The van der Waals surface area contributed by atoms with Crippen LogP contribution in [0.2, 0.25) is 0 Å². The average Bonchev–Trinajstić information content (AvgIpc) is 3.08. The Morgan fingerprint density at radius 2 is 1.35 bits per heavy atom. The Labute approximate surface area is 172 Å². The minimum Gasteiger partial charge on any atom is -1.00 e. The van der Waals surface area contributed by atoms with Gasteiger partial charge in [0.05, 0.1) is 0 Å². The number of phenolic OH excluding ortho intramolecular Hbond substituents is 2. The first kappa shape index (κ1) is 22.6. The van der Waals surface area contributed by atoms with Crippen LogP contribution in [-0.2, 0) is 16.9 Å². The monoisotopic (exact) mass is 423 g/mol. The summed E-state index contributed by atoms with van der Waals surface area (Å²) in [6.07, 6.45) is 7.40. The fraction of sp³-hybridized carbons (Fsp3) is 0.143. The van der Waals surface area contributed by atoms with Crippen molar-refractivity contribution in [3.05, 3.63) is 80.8 Å². The molecule has 1 aliphatic rings. The fourth-order valence-electron chi connectivity index (χ4n) is 2.80. The SMILES string of the molecule is Cc1ccc(O)c(/[CH]=[Ti+2](=[CH]/c2cc(C)ccc2O)/[C]2=CC=CC2)c1.[Cl-].[Cl-]. The Kier molecular flexibility index (Phi) is 8.72. The third-order valence-electron chi connectivity index (χ3n) is 4.13. The van der Waals surface area contributed by atoms with E-state index < -0.39 is 16.9 Å². The van der Waals surface area contributed by atoms with Crippen molar-refractivity contribution in [3.8, 4) is 11.5 Å². The maximum absolute atomic E-state index is 10.2. The van der Waals surface area contributed by atoms with E-state index in [0.29, 0.717) is 11.5 Å². The Balaban J connectivity index is 0.00000169. The van der Waals surface area contributed by atoms with E-state index in [-0.39, 0.29) is 24.8 Å². The summed E-state index contributed by atoms with van der Waals surface area (Å²) in [6.45, 7) is 4.06. The number of benzene rings is 2. The van der Waals surface area contributed by atoms with Crippen LogP contribution in [0.5, 0.6) is 11.5 Å². The number of phenols is 2. The molecule has 135 valence electrons. The van der Waals surface area contributed by atoms with Gasteiger partial charge in [0.15, 0.2) is 0 Å². The van der Waals surface area contributed by atoms with Crippen LogP contribution in [0.4, 0.5) is 0 Å². The minimum absolute atomic E-state index is 0. The molecule has 0 aliphatic heterocycles. The zero-order valence-corrected chi connectivity index (χ0v) is 17.8. The standard InChI is InChI=1S/2C8H8O.C5H5.2ClH.Ti/c2*1-6-3-4-8(9)7(2)5-6;1-2-4-5-3-1;;;/h2*2-5,9H,1H3;1-3H,4H2;2*1H;/q;;;;;+2/p-2. The molecule has 1 aliphatic carbocycles. The zero-order valence-electron chi connectivity index (χ0n) is 14.7. The molecule has 3 rings (SSSR count). The fourth-order valence-corrected chi connectivity index (χ4v) is 6.28. The molecule has 0 heterocycles. The van der Waals surface area contributed by atoms with Crippen molar-refractivity contribution in [2.24, 2.45) is 0 Å². The molecule has 0 bridgehead atoms. The van der Waals surface area contributed by atoms with Crippen molar-refractivity contribution >= 4 is 8.63 Å². The van der Waals surface area contributed by atoms with E-state index in [1.54, 1.807) is 12.1 Å². The van der Waals surface area contributed by atoms with Crippen LogP contribution in [0.3, 0.4) is 0 Å². The molecule has 0 saturated carbocycles. The molecule has 0 fully saturated rings. The van der Waals surface area contributed by atoms with Crippen LogP contribution in [0.1, 0.15) is 28.7 Å². The van der Waals surface area contributed by atoms with Crippen LogP contribution in [-0.4, -0.2) is 18.8 Å². The van der Waals surface area contributed by atoms with E-state index in [9.17, 15) is 10.2 Å². The van der Waals surface area contributed by atoms with Gasteiger partial charge in [-0.1, -0.05) is 0 Å².